The number of aliphatic carboxylic acids is 1. The molecule has 0 heterocycles. The zero-order valence-electron chi connectivity index (χ0n) is 7.10. The third-order valence-electron chi connectivity index (χ3n) is 1.73. The van der Waals surface area contributed by atoms with Crippen molar-refractivity contribution in [2.24, 2.45) is 5.73 Å². The van der Waals surface area contributed by atoms with Crippen LogP contribution in [0.25, 0.3) is 0 Å². The van der Waals surface area contributed by atoms with Crippen LogP contribution in [-0.4, -0.2) is 11.1 Å². The average Bonchev–Trinajstić information content (AvgIpc) is 2.03. The SMILES string of the molecule is Nc1cccc([C@@H](N)CC(=O)O)c1. The summed E-state index contributed by atoms with van der Waals surface area (Å²) in [5.74, 6) is -0.907. The van der Waals surface area contributed by atoms with Gasteiger partial charge in [0.05, 0.1) is 6.42 Å². The van der Waals surface area contributed by atoms with E-state index >= 15 is 0 Å². The highest BCUT2D eigenvalue weighted by atomic mass is 16.4. The first-order valence-corrected chi connectivity index (χ1v) is 3.92. The lowest BCUT2D eigenvalue weighted by Crippen LogP contribution is -2.15. The molecule has 4 heteroatoms. The Morgan fingerprint density at radius 2 is 2.23 bits per heavy atom. The summed E-state index contributed by atoms with van der Waals surface area (Å²) in [5, 5.41) is 8.50. The van der Waals surface area contributed by atoms with E-state index in [0.29, 0.717) is 5.69 Å². The first kappa shape index (κ1) is 9.54. The number of carboxylic acids is 1. The molecule has 0 radical (unpaired) electrons. The van der Waals surface area contributed by atoms with Crippen LogP contribution in [0.2, 0.25) is 0 Å². The summed E-state index contributed by atoms with van der Waals surface area (Å²) in [4.78, 5) is 10.4. The average molecular weight is 180 g/mol. The fraction of sp³-hybridized carbons (Fsp3) is 0.222. The number of carbonyl (C=O) groups is 1. The smallest absolute Gasteiger partial charge is 0.305 e. The molecule has 13 heavy (non-hydrogen) atoms. The van der Waals surface area contributed by atoms with Crippen molar-refractivity contribution >= 4 is 11.7 Å². The van der Waals surface area contributed by atoms with Crippen molar-refractivity contribution in [1.82, 2.24) is 0 Å². The molecule has 0 amide bonds. The Balaban J connectivity index is 2.76. The number of rotatable bonds is 3. The molecule has 1 atom stereocenters. The summed E-state index contributed by atoms with van der Waals surface area (Å²) in [6.45, 7) is 0. The van der Waals surface area contributed by atoms with Gasteiger partial charge in [0.1, 0.15) is 0 Å². The van der Waals surface area contributed by atoms with Crippen LogP contribution in [0.4, 0.5) is 5.69 Å². The lowest BCUT2D eigenvalue weighted by Gasteiger charge is -2.09. The zero-order chi connectivity index (χ0) is 9.84. The quantitative estimate of drug-likeness (QED) is 0.598. The van der Waals surface area contributed by atoms with Crippen LogP contribution in [0, 0.1) is 0 Å². The van der Waals surface area contributed by atoms with E-state index < -0.39 is 12.0 Å². The van der Waals surface area contributed by atoms with E-state index in [1.54, 1.807) is 24.3 Å². The molecule has 0 fully saturated rings. The molecule has 0 aliphatic rings. The van der Waals surface area contributed by atoms with Gasteiger partial charge in [-0.25, -0.2) is 0 Å². The molecule has 1 aromatic rings. The first-order chi connectivity index (χ1) is 6.09. The summed E-state index contributed by atoms with van der Waals surface area (Å²) < 4.78 is 0. The second kappa shape index (κ2) is 3.91. The maximum Gasteiger partial charge on any atom is 0.305 e. The Kier molecular flexibility index (Phi) is 2.87. The standard InChI is InChI=1S/C9H12N2O2/c10-7-3-1-2-6(4-7)8(11)5-9(12)13/h1-4,8H,5,10-11H2,(H,12,13)/t8-/m0/s1. The topological polar surface area (TPSA) is 89.3 Å². The summed E-state index contributed by atoms with van der Waals surface area (Å²) in [5.41, 5.74) is 12.5. The van der Waals surface area contributed by atoms with Crippen molar-refractivity contribution in [2.45, 2.75) is 12.5 Å². The van der Waals surface area contributed by atoms with Crippen LogP contribution in [0.3, 0.4) is 0 Å². The summed E-state index contributed by atoms with van der Waals surface area (Å²) in [6, 6.07) is 6.46. The molecule has 0 saturated heterocycles. The van der Waals surface area contributed by atoms with Crippen LogP contribution in [0.5, 0.6) is 0 Å². The molecule has 4 nitrogen and oxygen atoms in total. The van der Waals surface area contributed by atoms with Gasteiger partial charge in [-0.1, -0.05) is 12.1 Å². The molecule has 0 aliphatic carbocycles. The Labute approximate surface area is 76.2 Å². The second-order valence-corrected chi connectivity index (χ2v) is 2.87. The maximum absolute atomic E-state index is 10.4. The van der Waals surface area contributed by atoms with Crippen molar-refractivity contribution in [1.29, 1.82) is 0 Å². The molecule has 0 bridgehead atoms. The molecule has 0 spiro atoms. The van der Waals surface area contributed by atoms with Gasteiger partial charge in [-0.3, -0.25) is 4.79 Å². The molecule has 0 aromatic heterocycles. The van der Waals surface area contributed by atoms with E-state index in [0.717, 1.165) is 5.56 Å². The van der Waals surface area contributed by atoms with Crippen molar-refractivity contribution in [2.75, 3.05) is 5.73 Å². The van der Waals surface area contributed by atoms with E-state index in [2.05, 4.69) is 0 Å². The van der Waals surface area contributed by atoms with Gasteiger partial charge >= 0.3 is 5.97 Å². The lowest BCUT2D eigenvalue weighted by atomic mass is 10.0. The van der Waals surface area contributed by atoms with Crippen LogP contribution < -0.4 is 11.5 Å². The van der Waals surface area contributed by atoms with Gasteiger partial charge < -0.3 is 16.6 Å². The minimum Gasteiger partial charge on any atom is -0.481 e. The third-order valence-corrected chi connectivity index (χ3v) is 1.73. The number of hydrogen-bond acceptors (Lipinski definition) is 3. The normalized spacial score (nSPS) is 12.4. The zero-order valence-corrected chi connectivity index (χ0v) is 7.10. The highest BCUT2D eigenvalue weighted by molar-refractivity contribution is 5.68. The Morgan fingerprint density at radius 3 is 2.77 bits per heavy atom. The Morgan fingerprint density at radius 1 is 1.54 bits per heavy atom. The van der Waals surface area contributed by atoms with E-state index in [9.17, 15) is 4.79 Å². The monoisotopic (exact) mass is 180 g/mol. The van der Waals surface area contributed by atoms with E-state index in [1.165, 1.54) is 0 Å². The fourth-order valence-corrected chi connectivity index (χ4v) is 1.10. The summed E-state index contributed by atoms with van der Waals surface area (Å²) in [6.07, 6.45) is -0.0799. The van der Waals surface area contributed by atoms with Gasteiger partial charge in [-0.15, -0.1) is 0 Å². The van der Waals surface area contributed by atoms with Gasteiger partial charge in [-0.2, -0.15) is 0 Å². The molecule has 0 unspecified atom stereocenters. The molecular weight excluding hydrogens is 168 g/mol. The van der Waals surface area contributed by atoms with Gasteiger partial charge in [-0.05, 0) is 17.7 Å². The molecule has 5 N–H and O–H groups in total. The van der Waals surface area contributed by atoms with Crippen LogP contribution in [-0.2, 0) is 4.79 Å². The second-order valence-electron chi connectivity index (χ2n) is 2.87. The first-order valence-electron chi connectivity index (χ1n) is 3.92. The number of benzene rings is 1. The summed E-state index contributed by atoms with van der Waals surface area (Å²) >= 11 is 0. The van der Waals surface area contributed by atoms with Crippen LogP contribution >= 0.6 is 0 Å². The van der Waals surface area contributed by atoms with Gasteiger partial charge in [0.15, 0.2) is 0 Å². The predicted molar refractivity (Wildman–Crippen MR) is 50.0 cm³/mol. The van der Waals surface area contributed by atoms with Crippen molar-refractivity contribution in [3.05, 3.63) is 29.8 Å². The Bertz CT molecular complexity index is 312. The molecule has 1 rings (SSSR count). The molecular formula is C9H12N2O2. The molecule has 0 aliphatic heterocycles. The van der Waals surface area contributed by atoms with E-state index in [-0.39, 0.29) is 6.42 Å². The molecule has 0 saturated carbocycles. The molecule has 70 valence electrons. The van der Waals surface area contributed by atoms with Gasteiger partial charge in [0.2, 0.25) is 0 Å². The minimum absolute atomic E-state index is 0.0799. The van der Waals surface area contributed by atoms with Crippen LogP contribution in [0.1, 0.15) is 18.0 Å². The number of nitrogens with two attached hydrogens (primary N) is 2. The number of nitrogen functional groups attached to an aromatic ring is 1. The predicted octanol–water partition coefficient (Wildman–Crippen LogP) is 0.743. The number of anilines is 1. The van der Waals surface area contributed by atoms with Gasteiger partial charge in [0.25, 0.3) is 0 Å². The number of carboxylic acid groups (broad SMARTS) is 1. The van der Waals surface area contributed by atoms with Gasteiger partial charge in [0, 0.05) is 11.7 Å². The fourth-order valence-electron chi connectivity index (χ4n) is 1.10. The lowest BCUT2D eigenvalue weighted by molar-refractivity contribution is -0.137. The van der Waals surface area contributed by atoms with E-state index in [4.69, 9.17) is 16.6 Å². The maximum atomic E-state index is 10.4. The third kappa shape index (κ3) is 2.76. The summed E-state index contributed by atoms with van der Waals surface area (Å²) in [7, 11) is 0. The highest BCUT2D eigenvalue weighted by Gasteiger charge is 2.09. The van der Waals surface area contributed by atoms with Crippen molar-refractivity contribution in [3.63, 3.8) is 0 Å². The largest absolute Gasteiger partial charge is 0.481 e. The van der Waals surface area contributed by atoms with E-state index in [1.807, 2.05) is 0 Å². The van der Waals surface area contributed by atoms with Crippen molar-refractivity contribution in [3.8, 4) is 0 Å². The molecule has 1 aromatic carbocycles. The van der Waals surface area contributed by atoms with Crippen molar-refractivity contribution < 1.29 is 9.90 Å². The van der Waals surface area contributed by atoms with Crippen LogP contribution in [0.15, 0.2) is 24.3 Å². The Hall–Kier alpha value is -1.55. The number of hydrogen-bond donors (Lipinski definition) is 3. The highest BCUT2D eigenvalue weighted by Crippen LogP contribution is 2.16. The minimum atomic E-state index is -0.907.